The van der Waals surface area contributed by atoms with E-state index in [0.29, 0.717) is 11.0 Å². The number of anilines is 1. The highest BCUT2D eigenvalue weighted by molar-refractivity contribution is 9.10. The number of aromatic nitrogens is 3. The Balaban J connectivity index is 2.31. The van der Waals surface area contributed by atoms with Gasteiger partial charge in [-0.2, -0.15) is 0 Å². The van der Waals surface area contributed by atoms with Crippen molar-refractivity contribution in [3.63, 3.8) is 0 Å². The quantitative estimate of drug-likeness (QED) is 0.884. The molecule has 0 unspecified atom stereocenters. The molecule has 0 fully saturated rings. The van der Waals surface area contributed by atoms with Crippen molar-refractivity contribution in [1.29, 1.82) is 0 Å². The predicted octanol–water partition coefficient (Wildman–Crippen LogP) is 1.17. The first kappa shape index (κ1) is 13.5. The molecule has 6 nitrogen and oxygen atoms in total. The lowest BCUT2D eigenvalue weighted by atomic mass is 10.2. The molecule has 100 valence electrons. The summed E-state index contributed by atoms with van der Waals surface area (Å²) in [5.41, 5.74) is 0.0614. The molecule has 0 bridgehead atoms. The van der Waals surface area contributed by atoms with Gasteiger partial charge in [-0.15, -0.1) is 0 Å². The second kappa shape index (κ2) is 5.83. The van der Waals surface area contributed by atoms with E-state index >= 15 is 0 Å². The third-order valence-electron chi connectivity index (χ3n) is 2.50. The van der Waals surface area contributed by atoms with E-state index in [1.54, 1.807) is 6.20 Å². The zero-order valence-electron chi connectivity index (χ0n) is 10.3. The van der Waals surface area contributed by atoms with Crippen molar-refractivity contribution in [2.24, 2.45) is 0 Å². The number of rotatable bonds is 4. The zero-order valence-corrected chi connectivity index (χ0v) is 11.9. The number of pyridine rings is 1. The van der Waals surface area contributed by atoms with Crippen molar-refractivity contribution in [2.75, 3.05) is 11.9 Å². The Kier molecular flexibility index (Phi) is 4.16. The first-order chi connectivity index (χ1) is 9.10. The van der Waals surface area contributed by atoms with Gasteiger partial charge in [-0.3, -0.25) is 14.3 Å². The number of H-pyrrole nitrogens is 1. The van der Waals surface area contributed by atoms with Crippen LogP contribution in [0.2, 0.25) is 0 Å². The Bertz CT molecular complexity index is 693. The van der Waals surface area contributed by atoms with Crippen LogP contribution in [0.15, 0.2) is 38.6 Å². The molecular weight excluding hydrogens is 312 g/mol. The van der Waals surface area contributed by atoms with Crippen LogP contribution in [-0.2, 0) is 6.54 Å². The maximum Gasteiger partial charge on any atom is 0.328 e. The van der Waals surface area contributed by atoms with Crippen molar-refractivity contribution in [3.8, 4) is 0 Å². The Labute approximate surface area is 117 Å². The van der Waals surface area contributed by atoms with Gasteiger partial charge in [0.05, 0.1) is 11.0 Å². The highest BCUT2D eigenvalue weighted by Gasteiger charge is 2.03. The number of halogens is 1. The zero-order chi connectivity index (χ0) is 13.8. The lowest BCUT2D eigenvalue weighted by Crippen LogP contribution is -2.30. The summed E-state index contributed by atoms with van der Waals surface area (Å²) in [6.45, 7) is 3.13. The van der Waals surface area contributed by atoms with Gasteiger partial charge in [0.1, 0.15) is 5.82 Å². The van der Waals surface area contributed by atoms with Crippen LogP contribution in [0.1, 0.15) is 12.5 Å². The van der Waals surface area contributed by atoms with Crippen LogP contribution in [0.5, 0.6) is 0 Å². The minimum Gasteiger partial charge on any atom is -0.370 e. The molecule has 2 heterocycles. The predicted molar refractivity (Wildman–Crippen MR) is 76.5 cm³/mol. The van der Waals surface area contributed by atoms with E-state index in [1.165, 1.54) is 10.8 Å². The molecule has 0 radical (unpaired) electrons. The molecule has 7 heteroatoms. The second-order valence-corrected chi connectivity index (χ2v) is 4.80. The van der Waals surface area contributed by atoms with E-state index in [1.807, 2.05) is 19.1 Å². The minimum atomic E-state index is -0.435. The van der Waals surface area contributed by atoms with Crippen LogP contribution >= 0.6 is 15.9 Å². The van der Waals surface area contributed by atoms with Gasteiger partial charge >= 0.3 is 5.69 Å². The molecule has 0 aliphatic heterocycles. The van der Waals surface area contributed by atoms with Crippen LogP contribution in [0.25, 0.3) is 0 Å². The number of hydrogen-bond donors (Lipinski definition) is 2. The number of aromatic amines is 1. The summed E-state index contributed by atoms with van der Waals surface area (Å²) in [6.07, 6.45) is 3.16. The van der Waals surface area contributed by atoms with E-state index < -0.39 is 11.2 Å². The Morgan fingerprint density at radius 2 is 2.26 bits per heavy atom. The molecule has 2 aromatic heterocycles. The number of hydrogen-bond acceptors (Lipinski definition) is 4. The molecule has 0 amide bonds. The van der Waals surface area contributed by atoms with Crippen molar-refractivity contribution in [1.82, 2.24) is 14.5 Å². The Morgan fingerprint density at radius 3 is 3.00 bits per heavy atom. The maximum atomic E-state index is 11.7. The van der Waals surface area contributed by atoms with Gasteiger partial charge < -0.3 is 5.32 Å². The van der Waals surface area contributed by atoms with Gasteiger partial charge in [-0.05, 0) is 40.5 Å². The number of nitrogens with zero attached hydrogens (tertiary/aromatic N) is 2. The van der Waals surface area contributed by atoms with Crippen molar-refractivity contribution < 1.29 is 0 Å². The third-order valence-corrected chi connectivity index (χ3v) is 3.07. The Hall–Kier alpha value is -1.89. The molecule has 0 aliphatic rings. The molecule has 0 saturated carbocycles. The van der Waals surface area contributed by atoms with Crippen LogP contribution in [0.4, 0.5) is 5.82 Å². The SMILES string of the molecule is CCNc1cc(Cn2cc(Br)c(=O)[nH]c2=O)ccn1. The van der Waals surface area contributed by atoms with Gasteiger partial charge in [0, 0.05) is 18.9 Å². The largest absolute Gasteiger partial charge is 0.370 e. The first-order valence-corrected chi connectivity index (χ1v) is 6.57. The van der Waals surface area contributed by atoms with E-state index in [9.17, 15) is 9.59 Å². The van der Waals surface area contributed by atoms with Crippen molar-refractivity contribution >= 4 is 21.7 Å². The second-order valence-electron chi connectivity index (χ2n) is 3.94. The van der Waals surface area contributed by atoms with E-state index in [4.69, 9.17) is 0 Å². The lowest BCUT2D eigenvalue weighted by Gasteiger charge is -2.07. The van der Waals surface area contributed by atoms with E-state index in [-0.39, 0.29) is 0 Å². The first-order valence-electron chi connectivity index (χ1n) is 5.78. The highest BCUT2D eigenvalue weighted by atomic mass is 79.9. The van der Waals surface area contributed by atoms with Gasteiger partial charge in [-0.1, -0.05) is 0 Å². The molecule has 2 aromatic rings. The summed E-state index contributed by atoms with van der Waals surface area (Å²) in [6, 6.07) is 3.70. The molecule has 0 spiro atoms. The van der Waals surface area contributed by atoms with Gasteiger partial charge in [0.25, 0.3) is 5.56 Å². The summed E-state index contributed by atoms with van der Waals surface area (Å²) in [7, 11) is 0. The maximum absolute atomic E-state index is 11.7. The molecule has 0 aliphatic carbocycles. The fraction of sp³-hybridized carbons (Fsp3) is 0.250. The summed E-state index contributed by atoms with van der Waals surface area (Å²) in [4.78, 5) is 29.3. The Morgan fingerprint density at radius 1 is 1.47 bits per heavy atom. The van der Waals surface area contributed by atoms with E-state index in [0.717, 1.165) is 17.9 Å². The summed E-state index contributed by atoms with van der Waals surface area (Å²) in [5.74, 6) is 0.761. The fourth-order valence-corrected chi connectivity index (χ4v) is 1.99. The van der Waals surface area contributed by atoms with Crippen molar-refractivity contribution in [2.45, 2.75) is 13.5 Å². The minimum absolute atomic E-state index is 0.327. The standard InChI is InChI=1S/C12H13BrN4O2/c1-2-14-10-5-8(3-4-15-10)6-17-7-9(13)11(18)16-12(17)19/h3-5,7H,2,6H2,1H3,(H,14,15)(H,16,18,19). The molecule has 0 aromatic carbocycles. The smallest absolute Gasteiger partial charge is 0.328 e. The lowest BCUT2D eigenvalue weighted by molar-refractivity contribution is 0.715. The normalized spacial score (nSPS) is 10.4. The highest BCUT2D eigenvalue weighted by Crippen LogP contribution is 2.08. The van der Waals surface area contributed by atoms with Crippen LogP contribution < -0.4 is 16.6 Å². The average molecular weight is 325 g/mol. The third kappa shape index (κ3) is 3.31. The fourth-order valence-electron chi connectivity index (χ4n) is 1.65. The molecule has 2 rings (SSSR count). The molecule has 2 N–H and O–H groups in total. The topological polar surface area (TPSA) is 79.8 Å². The van der Waals surface area contributed by atoms with Gasteiger partial charge in [-0.25, -0.2) is 9.78 Å². The average Bonchev–Trinajstić information content (AvgIpc) is 2.37. The summed E-state index contributed by atoms with van der Waals surface area (Å²) < 4.78 is 1.75. The molecule has 0 saturated heterocycles. The summed E-state index contributed by atoms with van der Waals surface area (Å²) in [5, 5.41) is 3.10. The van der Waals surface area contributed by atoms with Crippen LogP contribution in [0.3, 0.4) is 0 Å². The van der Waals surface area contributed by atoms with Crippen molar-refractivity contribution in [3.05, 3.63) is 55.4 Å². The number of nitrogens with one attached hydrogen (secondary N) is 2. The van der Waals surface area contributed by atoms with Gasteiger partial charge in [0.2, 0.25) is 0 Å². The molecule has 0 atom stereocenters. The van der Waals surface area contributed by atoms with Gasteiger partial charge in [0.15, 0.2) is 0 Å². The van der Waals surface area contributed by atoms with Crippen LogP contribution in [-0.4, -0.2) is 21.1 Å². The summed E-state index contributed by atoms with van der Waals surface area (Å²) >= 11 is 3.10. The molecular formula is C12H13BrN4O2. The van der Waals surface area contributed by atoms with Crippen LogP contribution in [0, 0.1) is 0 Å². The van der Waals surface area contributed by atoms with E-state index in [2.05, 4.69) is 31.2 Å². The monoisotopic (exact) mass is 324 g/mol. The molecule has 19 heavy (non-hydrogen) atoms.